The molecule has 0 aliphatic heterocycles. The average molecular weight is 316 g/mol. The van der Waals surface area contributed by atoms with Crippen molar-refractivity contribution in [2.75, 3.05) is 0 Å². The van der Waals surface area contributed by atoms with E-state index in [2.05, 4.69) is 9.36 Å². The van der Waals surface area contributed by atoms with Crippen LogP contribution in [-0.2, 0) is 9.84 Å². The highest BCUT2D eigenvalue weighted by molar-refractivity contribution is 7.91. The molecule has 2 aromatic carbocycles. The Labute approximate surface area is 127 Å². The fourth-order valence-electron chi connectivity index (χ4n) is 2.09. The summed E-state index contributed by atoms with van der Waals surface area (Å²) in [6.07, 6.45) is 0. The molecule has 3 aromatic rings. The van der Waals surface area contributed by atoms with Gasteiger partial charge in [-0.15, -0.1) is 0 Å². The largest absolute Gasteiger partial charge is 0.263 e. The molecule has 1 aromatic heterocycles. The van der Waals surface area contributed by atoms with Crippen molar-refractivity contribution in [1.29, 1.82) is 0 Å². The van der Waals surface area contributed by atoms with E-state index in [-0.39, 0.29) is 10.1 Å². The Morgan fingerprint density at radius 3 is 2.43 bits per heavy atom. The molecule has 0 aliphatic rings. The second-order valence-electron chi connectivity index (χ2n) is 4.62. The van der Waals surface area contributed by atoms with Crippen LogP contribution in [-0.4, -0.2) is 17.8 Å². The Hall–Kier alpha value is -2.05. The van der Waals surface area contributed by atoms with Gasteiger partial charge >= 0.3 is 0 Å². The monoisotopic (exact) mass is 316 g/mol. The van der Waals surface area contributed by atoms with Gasteiger partial charge in [-0.2, -0.15) is 4.37 Å². The average Bonchev–Trinajstić information content (AvgIpc) is 3.02. The number of rotatable bonds is 3. The van der Waals surface area contributed by atoms with E-state index in [0.29, 0.717) is 0 Å². The van der Waals surface area contributed by atoms with Gasteiger partial charge in [-0.3, -0.25) is 0 Å². The standard InChI is InChI=1S/C15H12N2O2S2/c1-11-7-13(12-5-3-2-4-6-12)9-14(8-11)21(18,19)15-16-10-20-17-15/h2-10H,1H3. The summed E-state index contributed by atoms with van der Waals surface area (Å²) >= 11 is 1.03. The highest BCUT2D eigenvalue weighted by atomic mass is 32.2. The van der Waals surface area contributed by atoms with Crippen LogP contribution >= 0.6 is 11.5 Å². The summed E-state index contributed by atoms with van der Waals surface area (Å²) in [7, 11) is -3.66. The number of benzene rings is 2. The number of hydrogen-bond acceptors (Lipinski definition) is 5. The molecule has 0 fully saturated rings. The normalized spacial score (nSPS) is 11.5. The number of sulfone groups is 1. The summed E-state index contributed by atoms with van der Waals surface area (Å²) in [4.78, 5) is 4.04. The van der Waals surface area contributed by atoms with E-state index in [1.165, 1.54) is 5.51 Å². The molecular weight excluding hydrogens is 304 g/mol. The van der Waals surface area contributed by atoms with Crippen molar-refractivity contribution in [3.05, 3.63) is 59.6 Å². The second kappa shape index (κ2) is 5.38. The topological polar surface area (TPSA) is 59.9 Å². The van der Waals surface area contributed by atoms with Gasteiger partial charge in [-0.05, 0) is 47.3 Å². The van der Waals surface area contributed by atoms with Crippen molar-refractivity contribution in [3.8, 4) is 11.1 Å². The molecule has 0 saturated carbocycles. The lowest BCUT2D eigenvalue weighted by atomic mass is 10.0. The van der Waals surface area contributed by atoms with Crippen molar-refractivity contribution >= 4 is 21.4 Å². The van der Waals surface area contributed by atoms with Crippen LogP contribution in [0.2, 0.25) is 0 Å². The van der Waals surface area contributed by atoms with Crippen LogP contribution in [0.15, 0.2) is 64.1 Å². The molecule has 1 heterocycles. The molecule has 0 spiro atoms. The van der Waals surface area contributed by atoms with Gasteiger partial charge in [0.15, 0.2) is 0 Å². The van der Waals surface area contributed by atoms with Gasteiger partial charge in [-0.25, -0.2) is 13.4 Å². The third kappa shape index (κ3) is 2.72. The lowest BCUT2D eigenvalue weighted by Gasteiger charge is -2.07. The van der Waals surface area contributed by atoms with Crippen molar-refractivity contribution < 1.29 is 8.42 Å². The van der Waals surface area contributed by atoms with Crippen molar-refractivity contribution in [1.82, 2.24) is 9.36 Å². The first-order chi connectivity index (χ1) is 10.1. The van der Waals surface area contributed by atoms with E-state index in [9.17, 15) is 8.42 Å². The second-order valence-corrected chi connectivity index (χ2v) is 7.07. The number of nitrogens with zero attached hydrogens (tertiary/aromatic N) is 2. The summed E-state index contributed by atoms with van der Waals surface area (Å²) in [5.74, 6) is 0. The van der Waals surface area contributed by atoms with Crippen LogP contribution in [0.4, 0.5) is 0 Å². The Morgan fingerprint density at radius 2 is 1.76 bits per heavy atom. The predicted octanol–water partition coefficient (Wildman–Crippen LogP) is 3.35. The molecular formula is C15H12N2O2S2. The maximum atomic E-state index is 12.5. The van der Waals surface area contributed by atoms with Gasteiger partial charge in [0, 0.05) is 0 Å². The van der Waals surface area contributed by atoms with Crippen molar-refractivity contribution in [2.24, 2.45) is 0 Å². The van der Waals surface area contributed by atoms with Crippen LogP contribution in [0.5, 0.6) is 0 Å². The summed E-state index contributed by atoms with van der Waals surface area (Å²) in [5.41, 5.74) is 4.14. The van der Waals surface area contributed by atoms with Gasteiger partial charge in [0.25, 0.3) is 5.16 Å². The molecule has 0 radical (unpaired) electrons. The molecule has 106 valence electrons. The zero-order valence-electron chi connectivity index (χ0n) is 11.2. The summed E-state index contributed by atoms with van der Waals surface area (Å²) in [6.45, 7) is 1.87. The third-order valence-corrected chi connectivity index (χ3v) is 5.18. The lowest BCUT2D eigenvalue weighted by Crippen LogP contribution is -2.04. The highest BCUT2D eigenvalue weighted by Gasteiger charge is 2.22. The first-order valence-electron chi connectivity index (χ1n) is 6.26. The van der Waals surface area contributed by atoms with E-state index in [0.717, 1.165) is 28.2 Å². The van der Waals surface area contributed by atoms with Crippen LogP contribution in [0.1, 0.15) is 5.56 Å². The Kier molecular flexibility index (Phi) is 3.57. The van der Waals surface area contributed by atoms with Gasteiger partial charge in [0.1, 0.15) is 5.51 Å². The highest BCUT2D eigenvalue weighted by Crippen LogP contribution is 2.27. The molecule has 3 rings (SSSR count). The number of aryl methyl sites for hydroxylation is 1. The van der Waals surface area contributed by atoms with Gasteiger partial charge in [0.05, 0.1) is 4.90 Å². The molecule has 0 amide bonds. The molecule has 6 heteroatoms. The number of hydrogen-bond donors (Lipinski definition) is 0. The maximum absolute atomic E-state index is 12.5. The number of aromatic nitrogens is 2. The fourth-order valence-corrected chi connectivity index (χ4v) is 4.03. The minimum absolute atomic E-state index is 0.142. The molecule has 0 saturated heterocycles. The van der Waals surface area contributed by atoms with Crippen molar-refractivity contribution in [2.45, 2.75) is 17.0 Å². The Balaban J connectivity index is 2.16. The quantitative estimate of drug-likeness (QED) is 0.743. The predicted molar refractivity (Wildman–Crippen MR) is 82.0 cm³/mol. The zero-order chi connectivity index (χ0) is 14.9. The maximum Gasteiger partial charge on any atom is 0.263 e. The first kappa shape index (κ1) is 13.9. The van der Waals surface area contributed by atoms with Gasteiger partial charge in [-0.1, -0.05) is 36.4 Å². The minimum atomic E-state index is -3.66. The molecule has 0 bridgehead atoms. The van der Waals surface area contributed by atoms with Crippen LogP contribution in [0.3, 0.4) is 0 Å². The van der Waals surface area contributed by atoms with Gasteiger partial charge < -0.3 is 0 Å². The van der Waals surface area contributed by atoms with Crippen molar-refractivity contribution in [3.63, 3.8) is 0 Å². The first-order valence-corrected chi connectivity index (χ1v) is 8.58. The Bertz CT molecular complexity index is 858. The van der Waals surface area contributed by atoms with Crippen LogP contribution in [0, 0.1) is 6.92 Å². The minimum Gasteiger partial charge on any atom is -0.215 e. The smallest absolute Gasteiger partial charge is 0.215 e. The molecule has 4 nitrogen and oxygen atoms in total. The molecule has 0 atom stereocenters. The van der Waals surface area contributed by atoms with Crippen LogP contribution < -0.4 is 0 Å². The summed E-state index contributed by atoms with van der Waals surface area (Å²) in [6, 6.07) is 14.9. The van der Waals surface area contributed by atoms with E-state index in [1.807, 2.05) is 43.3 Å². The van der Waals surface area contributed by atoms with Gasteiger partial charge in [0.2, 0.25) is 9.84 Å². The molecule has 0 N–H and O–H groups in total. The Morgan fingerprint density at radius 1 is 1.00 bits per heavy atom. The third-order valence-electron chi connectivity index (χ3n) is 3.05. The SMILES string of the molecule is Cc1cc(-c2ccccc2)cc(S(=O)(=O)c2ncsn2)c1. The zero-order valence-corrected chi connectivity index (χ0v) is 12.9. The van der Waals surface area contributed by atoms with E-state index in [4.69, 9.17) is 0 Å². The van der Waals surface area contributed by atoms with Crippen LogP contribution in [0.25, 0.3) is 11.1 Å². The molecule has 0 aliphatic carbocycles. The molecule has 0 unspecified atom stereocenters. The van der Waals surface area contributed by atoms with E-state index < -0.39 is 9.84 Å². The van der Waals surface area contributed by atoms with E-state index >= 15 is 0 Å². The fraction of sp³-hybridized carbons (Fsp3) is 0.0667. The lowest BCUT2D eigenvalue weighted by molar-refractivity contribution is 0.589. The summed E-state index contributed by atoms with van der Waals surface area (Å²) in [5, 5.41) is -0.142. The molecule has 21 heavy (non-hydrogen) atoms. The summed E-state index contributed by atoms with van der Waals surface area (Å²) < 4.78 is 28.9. The van der Waals surface area contributed by atoms with E-state index in [1.54, 1.807) is 12.1 Å².